The van der Waals surface area contributed by atoms with Crippen molar-refractivity contribution in [1.82, 2.24) is 0 Å². The van der Waals surface area contributed by atoms with Crippen molar-refractivity contribution in [2.45, 2.75) is 46.1 Å². The number of hydrogen-bond acceptors (Lipinski definition) is 6. The standard InChI is InChI=1S/C17H36O6/c1-4-6-9-21-13-17(12-20-5-2,14-22-10-7-8-18)15-23-11-16(3)19/h16,18-19H,4-15H2,1-3H3. The quantitative estimate of drug-likeness (QED) is 0.393. The Morgan fingerprint density at radius 2 is 1.43 bits per heavy atom. The molecule has 0 aromatic heterocycles. The lowest BCUT2D eigenvalue weighted by Crippen LogP contribution is -2.42. The van der Waals surface area contributed by atoms with Crippen molar-refractivity contribution < 1.29 is 29.2 Å². The van der Waals surface area contributed by atoms with Gasteiger partial charge in [0, 0.05) is 26.4 Å². The SMILES string of the molecule is CCCCOCC(COCC)(COCCCO)COCC(C)O. The lowest BCUT2D eigenvalue weighted by atomic mass is 9.92. The summed E-state index contributed by atoms with van der Waals surface area (Å²) in [4.78, 5) is 0. The van der Waals surface area contributed by atoms with Gasteiger partial charge in [0.1, 0.15) is 0 Å². The van der Waals surface area contributed by atoms with E-state index in [1.165, 1.54) is 0 Å². The Bertz CT molecular complexity index is 235. The minimum Gasteiger partial charge on any atom is -0.396 e. The summed E-state index contributed by atoms with van der Waals surface area (Å²) in [5.41, 5.74) is -0.395. The molecule has 2 atom stereocenters. The summed E-state index contributed by atoms with van der Waals surface area (Å²) < 4.78 is 22.7. The van der Waals surface area contributed by atoms with Gasteiger partial charge in [0.2, 0.25) is 0 Å². The first-order chi connectivity index (χ1) is 11.1. The predicted molar refractivity (Wildman–Crippen MR) is 89.7 cm³/mol. The topological polar surface area (TPSA) is 77.4 Å². The highest BCUT2D eigenvalue weighted by atomic mass is 16.5. The van der Waals surface area contributed by atoms with Gasteiger partial charge < -0.3 is 29.2 Å². The molecule has 0 aliphatic carbocycles. The molecule has 0 saturated heterocycles. The maximum absolute atomic E-state index is 9.37. The first-order valence-corrected chi connectivity index (χ1v) is 8.70. The zero-order valence-corrected chi connectivity index (χ0v) is 15.1. The Morgan fingerprint density at radius 1 is 0.870 bits per heavy atom. The van der Waals surface area contributed by atoms with Crippen molar-refractivity contribution in [3.8, 4) is 0 Å². The lowest BCUT2D eigenvalue weighted by molar-refractivity contribution is -0.113. The number of aliphatic hydroxyl groups is 2. The van der Waals surface area contributed by atoms with Gasteiger partial charge in [-0.25, -0.2) is 0 Å². The number of rotatable bonds is 17. The highest BCUT2D eigenvalue weighted by Crippen LogP contribution is 2.21. The average Bonchev–Trinajstić information content (AvgIpc) is 2.53. The van der Waals surface area contributed by atoms with Gasteiger partial charge >= 0.3 is 0 Å². The van der Waals surface area contributed by atoms with Crippen LogP contribution in [-0.2, 0) is 18.9 Å². The van der Waals surface area contributed by atoms with Gasteiger partial charge in [0.05, 0.1) is 44.6 Å². The molecule has 0 bridgehead atoms. The van der Waals surface area contributed by atoms with Crippen LogP contribution < -0.4 is 0 Å². The van der Waals surface area contributed by atoms with E-state index >= 15 is 0 Å². The molecular weight excluding hydrogens is 300 g/mol. The van der Waals surface area contributed by atoms with E-state index in [1.807, 2.05) is 6.92 Å². The van der Waals surface area contributed by atoms with Crippen molar-refractivity contribution in [2.24, 2.45) is 5.41 Å². The maximum Gasteiger partial charge on any atom is 0.0745 e. The molecule has 0 spiro atoms. The van der Waals surface area contributed by atoms with Crippen molar-refractivity contribution in [3.05, 3.63) is 0 Å². The molecule has 0 aromatic carbocycles. The van der Waals surface area contributed by atoms with E-state index in [4.69, 9.17) is 24.1 Å². The Balaban J connectivity index is 4.57. The Morgan fingerprint density at radius 3 is 1.96 bits per heavy atom. The van der Waals surface area contributed by atoms with Gasteiger partial charge in [-0.05, 0) is 26.7 Å². The van der Waals surface area contributed by atoms with Crippen LogP contribution in [0.4, 0.5) is 0 Å². The number of hydrogen-bond donors (Lipinski definition) is 2. The Labute approximate surface area is 141 Å². The normalized spacial score (nSPS) is 15.5. The van der Waals surface area contributed by atoms with Crippen LogP contribution in [0, 0.1) is 5.41 Å². The molecule has 0 amide bonds. The van der Waals surface area contributed by atoms with Crippen LogP contribution in [0.2, 0.25) is 0 Å². The largest absolute Gasteiger partial charge is 0.396 e. The third-order valence-corrected chi connectivity index (χ3v) is 3.29. The molecule has 6 nitrogen and oxygen atoms in total. The Hall–Kier alpha value is -0.240. The van der Waals surface area contributed by atoms with Crippen LogP contribution in [0.15, 0.2) is 0 Å². The Kier molecular flexibility index (Phi) is 15.1. The highest BCUT2D eigenvalue weighted by Gasteiger charge is 2.32. The van der Waals surface area contributed by atoms with E-state index in [0.717, 1.165) is 12.8 Å². The zero-order valence-electron chi connectivity index (χ0n) is 15.1. The zero-order chi connectivity index (χ0) is 17.4. The number of unbranched alkanes of at least 4 members (excludes halogenated alkanes) is 1. The van der Waals surface area contributed by atoms with Crippen molar-refractivity contribution in [3.63, 3.8) is 0 Å². The summed E-state index contributed by atoms with van der Waals surface area (Å²) >= 11 is 0. The summed E-state index contributed by atoms with van der Waals surface area (Å²) in [5.74, 6) is 0. The second kappa shape index (κ2) is 15.3. The molecule has 0 rings (SSSR count). The van der Waals surface area contributed by atoms with Crippen LogP contribution in [0.25, 0.3) is 0 Å². The molecule has 0 heterocycles. The smallest absolute Gasteiger partial charge is 0.0745 e. The van der Waals surface area contributed by atoms with E-state index in [9.17, 15) is 5.11 Å². The van der Waals surface area contributed by atoms with Gasteiger partial charge in [-0.1, -0.05) is 13.3 Å². The van der Waals surface area contributed by atoms with Crippen molar-refractivity contribution in [1.29, 1.82) is 0 Å². The van der Waals surface area contributed by atoms with Crippen molar-refractivity contribution in [2.75, 3.05) is 59.5 Å². The van der Waals surface area contributed by atoms with E-state index in [0.29, 0.717) is 52.7 Å². The molecule has 0 saturated carbocycles. The summed E-state index contributed by atoms with van der Waals surface area (Å²) in [5, 5.41) is 18.2. The van der Waals surface area contributed by atoms with Crippen LogP contribution in [-0.4, -0.2) is 75.8 Å². The molecule has 0 aromatic rings. The summed E-state index contributed by atoms with van der Waals surface area (Å²) in [7, 11) is 0. The average molecular weight is 336 g/mol. The van der Waals surface area contributed by atoms with E-state index in [-0.39, 0.29) is 13.2 Å². The summed E-state index contributed by atoms with van der Waals surface area (Å²) in [6, 6.07) is 0. The molecule has 23 heavy (non-hydrogen) atoms. The van der Waals surface area contributed by atoms with E-state index in [2.05, 4.69) is 6.92 Å². The van der Waals surface area contributed by atoms with Gasteiger partial charge in [0.25, 0.3) is 0 Å². The van der Waals surface area contributed by atoms with Crippen LogP contribution in [0.1, 0.15) is 40.0 Å². The van der Waals surface area contributed by atoms with Crippen molar-refractivity contribution >= 4 is 0 Å². The molecule has 140 valence electrons. The number of ether oxygens (including phenoxy) is 4. The monoisotopic (exact) mass is 336 g/mol. The third kappa shape index (κ3) is 12.8. The van der Waals surface area contributed by atoms with Crippen LogP contribution in [0.5, 0.6) is 0 Å². The van der Waals surface area contributed by atoms with E-state index in [1.54, 1.807) is 6.92 Å². The molecule has 0 aliphatic rings. The minimum absolute atomic E-state index is 0.115. The fraction of sp³-hybridized carbons (Fsp3) is 1.00. The summed E-state index contributed by atoms with van der Waals surface area (Å²) in [6.07, 6.45) is 2.21. The second-order valence-electron chi connectivity index (χ2n) is 6.04. The first kappa shape index (κ1) is 22.8. The summed E-state index contributed by atoms with van der Waals surface area (Å²) in [6.45, 7) is 9.80. The first-order valence-electron chi connectivity index (χ1n) is 8.70. The lowest BCUT2D eigenvalue weighted by Gasteiger charge is -2.33. The number of aliphatic hydroxyl groups excluding tert-OH is 2. The van der Waals surface area contributed by atoms with E-state index < -0.39 is 11.5 Å². The molecule has 0 radical (unpaired) electrons. The molecule has 0 fully saturated rings. The fourth-order valence-corrected chi connectivity index (χ4v) is 2.00. The van der Waals surface area contributed by atoms with Crippen LogP contribution in [0.3, 0.4) is 0 Å². The molecule has 2 N–H and O–H groups in total. The van der Waals surface area contributed by atoms with Crippen LogP contribution >= 0.6 is 0 Å². The van der Waals surface area contributed by atoms with Gasteiger partial charge in [0.15, 0.2) is 0 Å². The van der Waals surface area contributed by atoms with Gasteiger partial charge in [-0.2, -0.15) is 0 Å². The second-order valence-corrected chi connectivity index (χ2v) is 6.04. The molecule has 6 heteroatoms. The highest BCUT2D eigenvalue weighted by molar-refractivity contribution is 4.79. The van der Waals surface area contributed by atoms with Gasteiger partial charge in [-0.15, -0.1) is 0 Å². The predicted octanol–water partition coefficient (Wildman–Crippen LogP) is 1.62. The molecule has 0 aliphatic heterocycles. The van der Waals surface area contributed by atoms with Gasteiger partial charge in [-0.3, -0.25) is 0 Å². The molecule has 2 unspecified atom stereocenters. The minimum atomic E-state index is -0.504. The maximum atomic E-state index is 9.37. The fourth-order valence-electron chi connectivity index (χ4n) is 2.00. The third-order valence-electron chi connectivity index (χ3n) is 3.29. The molecular formula is C17H36O6.